The van der Waals surface area contributed by atoms with Crippen molar-refractivity contribution in [3.8, 4) is 5.75 Å². The molecule has 1 unspecified atom stereocenters. The van der Waals surface area contributed by atoms with Crippen LogP contribution in [0.5, 0.6) is 5.75 Å². The number of benzene rings is 2. The van der Waals surface area contributed by atoms with Crippen molar-refractivity contribution in [1.82, 2.24) is 15.6 Å². The molecule has 1 aliphatic rings. The number of ether oxygens (including phenoxy) is 1. The van der Waals surface area contributed by atoms with Gasteiger partial charge in [-0.05, 0) is 31.0 Å². The molecule has 1 aliphatic heterocycles. The summed E-state index contributed by atoms with van der Waals surface area (Å²) < 4.78 is 19.0. The molecule has 4 rings (SSSR count). The second kappa shape index (κ2) is 7.72. The molecule has 0 spiro atoms. The van der Waals surface area contributed by atoms with E-state index >= 15 is 0 Å². The van der Waals surface area contributed by atoms with Crippen LogP contribution in [0.15, 0.2) is 48.5 Å². The Labute approximate surface area is 161 Å². The minimum Gasteiger partial charge on any atom is -0.493 e. The van der Waals surface area contributed by atoms with Gasteiger partial charge in [-0.15, -0.1) is 0 Å². The highest BCUT2D eigenvalue weighted by molar-refractivity contribution is 5.99. The highest BCUT2D eigenvalue weighted by Gasteiger charge is 2.22. The van der Waals surface area contributed by atoms with E-state index in [-0.39, 0.29) is 30.2 Å². The van der Waals surface area contributed by atoms with Crippen molar-refractivity contribution in [3.05, 3.63) is 65.6 Å². The maximum atomic E-state index is 13.4. The lowest BCUT2D eigenvalue weighted by atomic mass is 10.0. The number of para-hydroxylation sites is 1. The quantitative estimate of drug-likeness (QED) is 0.650. The first kappa shape index (κ1) is 18.0. The summed E-state index contributed by atoms with van der Waals surface area (Å²) in [6.07, 6.45) is 1.42. The Hall–Kier alpha value is -3.35. The van der Waals surface area contributed by atoms with Gasteiger partial charge in [0.2, 0.25) is 5.91 Å². The molecule has 6 nitrogen and oxygen atoms in total. The third kappa shape index (κ3) is 3.83. The number of H-pyrrole nitrogens is 1. The number of carbonyl (C=O) groups is 2. The van der Waals surface area contributed by atoms with Crippen LogP contribution in [0.2, 0.25) is 0 Å². The van der Waals surface area contributed by atoms with Gasteiger partial charge in [0.15, 0.2) is 0 Å². The first-order valence-electron chi connectivity index (χ1n) is 9.18. The number of carbonyl (C=O) groups excluding carboxylic acids is 2. The van der Waals surface area contributed by atoms with E-state index in [4.69, 9.17) is 4.74 Å². The molecule has 1 aromatic heterocycles. The molecule has 1 atom stereocenters. The lowest BCUT2D eigenvalue weighted by molar-refractivity contribution is -0.120. The van der Waals surface area contributed by atoms with Crippen LogP contribution < -0.4 is 15.4 Å². The molecule has 2 amide bonds. The van der Waals surface area contributed by atoms with Crippen LogP contribution in [0.3, 0.4) is 0 Å². The summed E-state index contributed by atoms with van der Waals surface area (Å²) in [6.45, 7) is 0.321. The predicted molar refractivity (Wildman–Crippen MR) is 103 cm³/mol. The van der Waals surface area contributed by atoms with E-state index in [1.807, 2.05) is 24.3 Å². The van der Waals surface area contributed by atoms with Gasteiger partial charge >= 0.3 is 0 Å². The lowest BCUT2D eigenvalue weighted by Gasteiger charge is -2.18. The zero-order valence-electron chi connectivity index (χ0n) is 15.1. The van der Waals surface area contributed by atoms with Crippen LogP contribution >= 0.6 is 0 Å². The van der Waals surface area contributed by atoms with Crippen LogP contribution in [-0.4, -0.2) is 29.9 Å². The zero-order chi connectivity index (χ0) is 19.5. The summed E-state index contributed by atoms with van der Waals surface area (Å²) in [7, 11) is 0. The number of fused-ring (bicyclic) bond motifs is 2. The van der Waals surface area contributed by atoms with Gasteiger partial charge in [0.1, 0.15) is 17.3 Å². The highest BCUT2D eigenvalue weighted by Crippen LogP contribution is 2.31. The van der Waals surface area contributed by atoms with Crippen molar-refractivity contribution in [2.75, 3.05) is 13.2 Å². The smallest absolute Gasteiger partial charge is 0.268 e. The fourth-order valence-electron chi connectivity index (χ4n) is 3.39. The number of aromatic amines is 1. The minimum absolute atomic E-state index is 0.151. The highest BCUT2D eigenvalue weighted by atomic mass is 19.1. The van der Waals surface area contributed by atoms with Gasteiger partial charge in [0.05, 0.1) is 19.2 Å². The Morgan fingerprint density at radius 1 is 1.18 bits per heavy atom. The molecule has 28 heavy (non-hydrogen) atoms. The molecule has 0 fully saturated rings. The summed E-state index contributed by atoms with van der Waals surface area (Å²) in [6, 6.07) is 13.3. The first-order chi connectivity index (χ1) is 13.6. The maximum absolute atomic E-state index is 13.4. The minimum atomic E-state index is -0.378. The van der Waals surface area contributed by atoms with E-state index in [1.165, 1.54) is 12.1 Å². The number of hydrogen-bond donors (Lipinski definition) is 3. The molecule has 0 saturated heterocycles. The average Bonchev–Trinajstić information content (AvgIpc) is 3.03. The number of hydrogen-bond acceptors (Lipinski definition) is 3. The van der Waals surface area contributed by atoms with E-state index < -0.39 is 0 Å². The predicted octanol–water partition coefficient (Wildman–Crippen LogP) is 3.07. The van der Waals surface area contributed by atoms with E-state index in [1.54, 1.807) is 12.1 Å². The largest absolute Gasteiger partial charge is 0.493 e. The zero-order valence-corrected chi connectivity index (χ0v) is 15.1. The SMILES string of the molecule is O=C(CNC(=O)c1cc2ccccc2[nH]1)NC1CCCOc2cc(F)ccc21. The molecule has 0 aliphatic carbocycles. The average molecular weight is 381 g/mol. The molecule has 7 heteroatoms. The van der Waals surface area contributed by atoms with Crippen molar-refractivity contribution >= 4 is 22.7 Å². The fourth-order valence-corrected chi connectivity index (χ4v) is 3.39. The molecule has 3 aromatic rings. The summed E-state index contributed by atoms with van der Waals surface area (Å²) in [5, 5.41) is 6.46. The number of amides is 2. The number of nitrogens with one attached hydrogen (secondary N) is 3. The van der Waals surface area contributed by atoms with Crippen molar-refractivity contribution < 1.29 is 18.7 Å². The van der Waals surface area contributed by atoms with Crippen molar-refractivity contribution in [3.63, 3.8) is 0 Å². The lowest BCUT2D eigenvalue weighted by Crippen LogP contribution is -2.38. The van der Waals surface area contributed by atoms with E-state index in [9.17, 15) is 14.0 Å². The summed E-state index contributed by atoms with van der Waals surface area (Å²) in [5.41, 5.74) is 2.01. The third-order valence-electron chi connectivity index (χ3n) is 4.77. The van der Waals surface area contributed by atoms with Crippen LogP contribution in [-0.2, 0) is 4.79 Å². The molecule has 3 N–H and O–H groups in total. The second-order valence-corrected chi connectivity index (χ2v) is 6.75. The molecular weight excluding hydrogens is 361 g/mol. The van der Waals surface area contributed by atoms with E-state index in [2.05, 4.69) is 15.6 Å². The number of rotatable bonds is 4. The van der Waals surface area contributed by atoms with Gasteiger partial charge in [-0.1, -0.05) is 24.3 Å². The molecule has 0 saturated carbocycles. The van der Waals surface area contributed by atoms with Crippen LogP contribution in [0.4, 0.5) is 4.39 Å². The van der Waals surface area contributed by atoms with E-state index in [0.29, 0.717) is 24.5 Å². The fraction of sp³-hybridized carbons (Fsp3) is 0.238. The monoisotopic (exact) mass is 381 g/mol. The van der Waals surface area contributed by atoms with Crippen LogP contribution in [0.25, 0.3) is 10.9 Å². The van der Waals surface area contributed by atoms with Crippen molar-refractivity contribution in [2.24, 2.45) is 0 Å². The normalized spacial score (nSPS) is 16.0. The Morgan fingerprint density at radius 2 is 2.04 bits per heavy atom. The van der Waals surface area contributed by atoms with Gasteiger partial charge in [-0.2, -0.15) is 0 Å². The van der Waals surface area contributed by atoms with Gasteiger partial charge in [-0.25, -0.2) is 4.39 Å². The van der Waals surface area contributed by atoms with Crippen LogP contribution in [0, 0.1) is 5.82 Å². The summed E-state index contributed by atoms with van der Waals surface area (Å²) in [4.78, 5) is 27.7. The topological polar surface area (TPSA) is 83.2 Å². The van der Waals surface area contributed by atoms with Gasteiger partial charge in [-0.3, -0.25) is 9.59 Å². The molecule has 2 aromatic carbocycles. The Bertz CT molecular complexity index is 998. The molecular formula is C21H20FN3O3. The molecule has 0 radical (unpaired) electrons. The Balaban J connectivity index is 1.38. The second-order valence-electron chi connectivity index (χ2n) is 6.75. The standard InChI is InChI=1S/C21H20FN3O3/c22-14-7-8-15-17(6-3-9-28-19(15)11-14)25-20(26)12-23-21(27)18-10-13-4-1-2-5-16(13)24-18/h1-2,4-5,7-8,10-11,17,24H,3,6,9,12H2,(H,23,27)(H,25,26). The Morgan fingerprint density at radius 3 is 2.89 bits per heavy atom. The van der Waals surface area contributed by atoms with E-state index in [0.717, 1.165) is 22.9 Å². The van der Waals surface area contributed by atoms with Gasteiger partial charge in [0, 0.05) is 22.5 Å². The van der Waals surface area contributed by atoms with Gasteiger partial charge < -0.3 is 20.4 Å². The molecule has 144 valence electrons. The maximum Gasteiger partial charge on any atom is 0.268 e. The van der Waals surface area contributed by atoms with Crippen molar-refractivity contribution in [1.29, 1.82) is 0 Å². The Kier molecular flexibility index (Phi) is 4.97. The third-order valence-corrected chi connectivity index (χ3v) is 4.77. The first-order valence-corrected chi connectivity index (χ1v) is 9.18. The number of aromatic nitrogens is 1. The van der Waals surface area contributed by atoms with Crippen LogP contribution in [0.1, 0.15) is 34.9 Å². The summed E-state index contributed by atoms with van der Waals surface area (Å²) in [5.74, 6) is -0.592. The molecule has 2 heterocycles. The number of halogens is 1. The molecule has 0 bridgehead atoms. The summed E-state index contributed by atoms with van der Waals surface area (Å²) >= 11 is 0. The van der Waals surface area contributed by atoms with Crippen molar-refractivity contribution in [2.45, 2.75) is 18.9 Å². The van der Waals surface area contributed by atoms with Gasteiger partial charge in [0.25, 0.3) is 5.91 Å².